The van der Waals surface area contributed by atoms with Gasteiger partial charge >= 0.3 is 15.6 Å². The molecule has 2 saturated carbocycles. The summed E-state index contributed by atoms with van der Waals surface area (Å²) < 4.78 is 64.9. The molecule has 2 aliphatic rings. The van der Waals surface area contributed by atoms with Crippen LogP contribution < -0.4 is 0 Å². The number of halogens is 4. The van der Waals surface area contributed by atoms with Crippen molar-refractivity contribution >= 4 is 27.5 Å². The predicted octanol–water partition coefficient (Wildman–Crippen LogP) is 2.47. The summed E-state index contributed by atoms with van der Waals surface area (Å²) in [6, 6.07) is 0. The van der Waals surface area contributed by atoms with Crippen LogP contribution in [0.2, 0.25) is 0 Å². The third-order valence-electron chi connectivity index (χ3n) is 4.63. The molecule has 20 heavy (non-hydrogen) atoms. The lowest BCUT2D eigenvalue weighted by atomic mass is 9.71. The van der Waals surface area contributed by atoms with Crippen LogP contribution in [0.1, 0.15) is 26.7 Å². The van der Waals surface area contributed by atoms with E-state index in [9.17, 15) is 26.4 Å². The van der Waals surface area contributed by atoms with E-state index >= 15 is 0 Å². The summed E-state index contributed by atoms with van der Waals surface area (Å²) in [5, 5.41) is 0. The molecule has 9 heteroatoms. The smallest absolute Gasteiger partial charge is 0.299 e. The van der Waals surface area contributed by atoms with E-state index in [2.05, 4.69) is 4.18 Å². The minimum absolute atomic E-state index is 0.0725. The van der Waals surface area contributed by atoms with Crippen molar-refractivity contribution in [3.8, 4) is 0 Å². The molecule has 2 fully saturated rings. The van der Waals surface area contributed by atoms with E-state index in [1.807, 2.05) is 0 Å². The first-order valence-electron chi connectivity index (χ1n) is 6.03. The lowest BCUT2D eigenvalue weighted by molar-refractivity contribution is -0.138. The second kappa shape index (κ2) is 4.33. The van der Waals surface area contributed by atoms with Gasteiger partial charge in [0.1, 0.15) is 11.4 Å². The number of carbonyl (C=O) groups is 1. The summed E-state index contributed by atoms with van der Waals surface area (Å²) >= 11 is 5.75. The Morgan fingerprint density at radius 3 is 2.40 bits per heavy atom. The van der Waals surface area contributed by atoms with Gasteiger partial charge in [-0.05, 0) is 12.8 Å². The zero-order chi connectivity index (χ0) is 15.6. The molecule has 0 aliphatic heterocycles. The second-order valence-electron chi connectivity index (χ2n) is 5.77. The van der Waals surface area contributed by atoms with Crippen LogP contribution in [0, 0.1) is 17.3 Å². The van der Waals surface area contributed by atoms with Gasteiger partial charge in [-0.3, -0.25) is 8.98 Å². The fourth-order valence-corrected chi connectivity index (χ4v) is 4.89. The summed E-state index contributed by atoms with van der Waals surface area (Å²) in [6.45, 7) is 2.83. The van der Waals surface area contributed by atoms with Crippen molar-refractivity contribution in [2.75, 3.05) is 5.88 Å². The van der Waals surface area contributed by atoms with E-state index in [1.165, 1.54) is 13.8 Å². The monoisotopic (exact) mass is 334 g/mol. The van der Waals surface area contributed by atoms with E-state index in [-0.39, 0.29) is 18.1 Å². The van der Waals surface area contributed by atoms with Crippen LogP contribution in [-0.2, 0) is 19.1 Å². The fourth-order valence-electron chi connectivity index (χ4n) is 3.53. The maximum Gasteiger partial charge on any atom is 0.523 e. The summed E-state index contributed by atoms with van der Waals surface area (Å²) in [5.41, 5.74) is -8.53. The molecule has 2 bridgehead atoms. The average molecular weight is 335 g/mol. The van der Waals surface area contributed by atoms with Gasteiger partial charge in [-0.2, -0.15) is 21.6 Å². The summed E-state index contributed by atoms with van der Waals surface area (Å²) in [7, 11) is -5.77. The first kappa shape index (κ1) is 16.0. The molecule has 2 aliphatic carbocycles. The molecule has 1 unspecified atom stereocenters. The van der Waals surface area contributed by atoms with E-state index in [4.69, 9.17) is 11.6 Å². The average Bonchev–Trinajstić information content (AvgIpc) is 2.70. The predicted molar refractivity (Wildman–Crippen MR) is 64.5 cm³/mol. The van der Waals surface area contributed by atoms with Crippen molar-refractivity contribution < 1.29 is 30.6 Å². The van der Waals surface area contributed by atoms with Gasteiger partial charge in [0.2, 0.25) is 0 Å². The number of ketones is 1. The van der Waals surface area contributed by atoms with Gasteiger partial charge in [0.25, 0.3) is 0 Å². The van der Waals surface area contributed by atoms with Crippen LogP contribution in [0.15, 0.2) is 0 Å². The van der Waals surface area contributed by atoms with Gasteiger partial charge < -0.3 is 0 Å². The number of alkyl halides is 4. The minimum atomic E-state index is -5.77. The van der Waals surface area contributed by atoms with Gasteiger partial charge in [-0.25, -0.2) is 0 Å². The number of hydrogen-bond donors (Lipinski definition) is 0. The zero-order valence-electron chi connectivity index (χ0n) is 10.8. The molecular weight excluding hydrogens is 321 g/mol. The molecule has 0 N–H and O–H groups in total. The lowest BCUT2D eigenvalue weighted by Crippen LogP contribution is -2.52. The molecule has 0 spiro atoms. The van der Waals surface area contributed by atoms with Crippen LogP contribution >= 0.6 is 11.6 Å². The molecule has 0 radical (unpaired) electrons. The van der Waals surface area contributed by atoms with Gasteiger partial charge in [-0.15, -0.1) is 11.6 Å². The summed E-state index contributed by atoms with van der Waals surface area (Å²) in [4.78, 5) is 12.2. The van der Waals surface area contributed by atoms with Crippen molar-refractivity contribution in [2.24, 2.45) is 17.3 Å². The highest BCUT2D eigenvalue weighted by molar-refractivity contribution is 7.87. The lowest BCUT2D eigenvalue weighted by Gasteiger charge is -2.41. The quantitative estimate of drug-likeness (QED) is 0.452. The molecule has 4 nitrogen and oxygen atoms in total. The van der Waals surface area contributed by atoms with Gasteiger partial charge in [0.05, 0.1) is 5.41 Å². The Kier molecular flexibility index (Phi) is 3.47. The van der Waals surface area contributed by atoms with E-state index in [0.29, 0.717) is 6.42 Å². The molecule has 0 heterocycles. The van der Waals surface area contributed by atoms with Gasteiger partial charge in [0.15, 0.2) is 0 Å². The largest absolute Gasteiger partial charge is 0.523 e. The Morgan fingerprint density at radius 1 is 1.40 bits per heavy atom. The molecule has 2 rings (SSSR count). The van der Waals surface area contributed by atoms with Crippen LogP contribution in [0.4, 0.5) is 13.2 Å². The van der Waals surface area contributed by atoms with E-state index in [1.54, 1.807) is 0 Å². The van der Waals surface area contributed by atoms with E-state index < -0.39 is 38.5 Å². The van der Waals surface area contributed by atoms with Crippen LogP contribution in [-0.4, -0.2) is 31.2 Å². The molecule has 0 aromatic carbocycles. The van der Waals surface area contributed by atoms with Crippen LogP contribution in [0.3, 0.4) is 0 Å². The number of hydrogen-bond acceptors (Lipinski definition) is 4. The van der Waals surface area contributed by atoms with Crippen molar-refractivity contribution in [2.45, 2.75) is 37.8 Å². The van der Waals surface area contributed by atoms with Crippen LogP contribution in [0.25, 0.3) is 0 Å². The Labute approximate surface area is 119 Å². The summed E-state index contributed by atoms with van der Waals surface area (Å²) in [5.74, 6) is -1.66. The standard InChI is InChI=1S/C11H14ClF3O4S/c1-9(2)8(16)6-3-4-10(9,7(6)5-12)19-20(17,18)11(13,14)15/h6-7H,3-5H2,1-2H3/t6-,7?,10-/m1/s1. The second-order valence-corrected chi connectivity index (χ2v) is 7.61. The first-order valence-corrected chi connectivity index (χ1v) is 7.97. The Hall–Kier alpha value is -0.340. The molecule has 0 aromatic heterocycles. The zero-order valence-corrected chi connectivity index (χ0v) is 12.4. The number of carbonyl (C=O) groups excluding carboxylic acids is 1. The topological polar surface area (TPSA) is 60.4 Å². The maximum absolute atomic E-state index is 12.6. The Balaban J connectivity index is 2.50. The van der Waals surface area contributed by atoms with Crippen LogP contribution in [0.5, 0.6) is 0 Å². The van der Waals surface area contributed by atoms with Crippen molar-refractivity contribution in [3.63, 3.8) is 0 Å². The third kappa shape index (κ3) is 1.84. The number of Topliss-reactive ketones (excluding diaryl/α,β-unsaturated/α-hetero) is 1. The van der Waals surface area contributed by atoms with Crippen molar-refractivity contribution in [1.82, 2.24) is 0 Å². The first-order chi connectivity index (χ1) is 8.91. The number of fused-ring (bicyclic) bond motifs is 2. The van der Waals surface area contributed by atoms with Crippen molar-refractivity contribution in [3.05, 3.63) is 0 Å². The third-order valence-corrected chi connectivity index (χ3v) is 6.05. The minimum Gasteiger partial charge on any atom is -0.299 e. The molecule has 0 aromatic rings. The fraction of sp³-hybridized carbons (Fsp3) is 0.909. The molecular formula is C11H14ClF3O4S. The molecule has 0 saturated heterocycles. The Morgan fingerprint density at radius 2 is 1.95 bits per heavy atom. The van der Waals surface area contributed by atoms with Gasteiger partial charge in [-0.1, -0.05) is 13.8 Å². The highest BCUT2D eigenvalue weighted by Crippen LogP contribution is 2.62. The molecule has 116 valence electrons. The summed E-state index contributed by atoms with van der Waals surface area (Å²) in [6.07, 6.45) is 0.371. The SMILES string of the molecule is CC1(C)C(=O)[C@@H]2CC[C@@]1(OS(=O)(=O)C(F)(F)F)C2CCl. The van der Waals surface area contributed by atoms with E-state index in [0.717, 1.165) is 0 Å². The molecule has 3 atom stereocenters. The highest BCUT2D eigenvalue weighted by Gasteiger charge is 2.72. The highest BCUT2D eigenvalue weighted by atomic mass is 35.5. The van der Waals surface area contributed by atoms with Crippen molar-refractivity contribution in [1.29, 1.82) is 0 Å². The molecule has 0 amide bonds. The normalized spacial score (nSPS) is 36.6. The maximum atomic E-state index is 12.6. The Bertz CT molecular complexity index is 542. The van der Waals surface area contributed by atoms with Gasteiger partial charge in [0, 0.05) is 17.7 Å². The number of rotatable bonds is 3.